The maximum atomic E-state index is 13.7. The van der Waals surface area contributed by atoms with Crippen molar-refractivity contribution < 1.29 is 12.8 Å². The predicted octanol–water partition coefficient (Wildman–Crippen LogP) is 2.22. The molecule has 1 aromatic carbocycles. The quantitative estimate of drug-likeness (QED) is 0.941. The van der Waals surface area contributed by atoms with Gasteiger partial charge in [0.15, 0.2) is 0 Å². The average Bonchev–Trinajstić information content (AvgIpc) is 2.63. The highest BCUT2D eigenvalue weighted by atomic mass is 32.2. The lowest BCUT2D eigenvalue weighted by molar-refractivity contribution is 0.549. The van der Waals surface area contributed by atoms with Crippen LogP contribution in [0.3, 0.4) is 0 Å². The molecule has 0 aliphatic rings. The third kappa shape index (κ3) is 2.98. The van der Waals surface area contributed by atoms with E-state index in [1.807, 2.05) is 0 Å². The second-order valence-corrected chi connectivity index (χ2v) is 6.64. The lowest BCUT2D eigenvalue weighted by atomic mass is 10.1. The number of rotatable bonds is 4. The summed E-state index contributed by atoms with van der Waals surface area (Å²) < 4.78 is 42.7. The van der Waals surface area contributed by atoms with Crippen molar-refractivity contribution >= 4 is 10.0 Å². The Labute approximate surface area is 123 Å². The second-order valence-electron chi connectivity index (χ2n) is 4.99. The van der Waals surface area contributed by atoms with Gasteiger partial charge in [-0.05, 0) is 26.8 Å². The molecule has 0 aliphatic carbocycles. The van der Waals surface area contributed by atoms with E-state index in [0.717, 1.165) is 0 Å². The van der Waals surface area contributed by atoms with Crippen molar-refractivity contribution in [2.24, 2.45) is 7.05 Å². The maximum absolute atomic E-state index is 13.7. The van der Waals surface area contributed by atoms with Crippen molar-refractivity contribution in [3.05, 3.63) is 47.0 Å². The molecule has 0 saturated heterocycles. The number of hydrogen-bond acceptors (Lipinski definition) is 3. The average molecular weight is 311 g/mol. The minimum atomic E-state index is -3.76. The van der Waals surface area contributed by atoms with Crippen LogP contribution in [0.5, 0.6) is 0 Å². The SMILES string of the molecule is Cc1nn(C)c(C)c1S(=O)(=O)NC(C)c1ccccc1F. The molecule has 0 saturated carbocycles. The molecule has 1 aromatic heterocycles. The lowest BCUT2D eigenvalue weighted by Crippen LogP contribution is -2.28. The summed E-state index contributed by atoms with van der Waals surface area (Å²) in [7, 11) is -2.08. The minimum absolute atomic E-state index is 0.146. The Morgan fingerprint density at radius 1 is 1.29 bits per heavy atom. The number of aryl methyl sites for hydroxylation is 2. The number of nitrogens with zero attached hydrogens (tertiary/aromatic N) is 2. The van der Waals surface area contributed by atoms with Crippen LogP contribution in [-0.2, 0) is 17.1 Å². The normalized spacial score (nSPS) is 13.4. The highest BCUT2D eigenvalue weighted by molar-refractivity contribution is 7.89. The van der Waals surface area contributed by atoms with Gasteiger partial charge in [-0.3, -0.25) is 4.68 Å². The number of sulfonamides is 1. The van der Waals surface area contributed by atoms with Crippen molar-refractivity contribution in [3.63, 3.8) is 0 Å². The molecule has 7 heteroatoms. The van der Waals surface area contributed by atoms with Crippen LogP contribution in [0.25, 0.3) is 0 Å². The molecule has 1 atom stereocenters. The first-order chi connectivity index (χ1) is 9.74. The Balaban J connectivity index is 2.36. The van der Waals surface area contributed by atoms with Gasteiger partial charge in [0.1, 0.15) is 10.7 Å². The van der Waals surface area contributed by atoms with Crippen molar-refractivity contribution in [2.75, 3.05) is 0 Å². The van der Waals surface area contributed by atoms with E-state index < -0.39 is 21.9 Å². The highest BCUT2D eigenvalue weighted by Crippen LogP contribution is 2.23. The van der Waals surface area contributed by atoms with Crippen LogP contribution >= 0.6 is 0 Å². The third-order valence-corrected chi connectivity index (χ3v) is 5.21. The van der Waals surface area contributed by atoms with E-state index in [0.29, 0.717) is 17.0 Å². The van der Waals surface area contributed by atoms with Gasteiger partial charge in [-0.1, -0.05) is 18.2 Å². The Kier molecular flexibility index (Phi) is 4.15. The van der Waals surface area contributed by atoms with Gasteiger partial charge in [0.25, 0.3) is 0 Å². The van der Waals surface area contributed by atoms with Gasteiger partial charge in [0.2, 0.25) is 10.0 Å². The zero-order valence-corrected chi connectivity index (χ0v) is 13.2. The van der Waals surface area contributed by atoms with Crippen molar-refractivity contribution in [1.29, 1.82) is 0 Å². The van der Waals surface area contributed by atoms with Gasteiger partial charge in [0.05, 0.1) is 11.4 Å². The maximum Gasteiger partial charge on any atom is 0.244 e. The number of hydrogen-bond donors (Lipinski definition) is 1. The van der Waals surface area contributed by atoms with Crippen LogP contribution in [0, 0.1) is 19.7 Å². The molecule has 0 aliphatic heterocycles. The van der Waals surface area contributed by atoms with Gasteiger partial charge in [-0.25, -0.2) is 17.5 Å². The van der Waals surface area contributed by atoms with Gasteiger partial charge in [-0.2, -0.15) is 5.10 Å². The van der Waals surface area contributed by atoms with Gasteiger partial charge in [0, 0.05) is 18.7 Å². The van der Waals surface area contributed by atoms with E-state index in [1.165, 1.54) is 10.7 Å². The first-order valence-corrected chi connectivity index (χ1v) is 7.99. The third-order valence-electron chi connectivity index (χ3n) is 3.42. The van der Waals surface area contributed by atoms with Crippen molar-refractivity contribution in [1.82, 2.24) is 14.5 Å². The molecule has 1 heterocycles. The zero-order chi connectivity index (χ0) is 15.8. The topological polar surface area (TPSA) is 64.0 Å². The van der Waals surface area contributed by atoms with Crippen LogP contribution in [0.2, 0.25) is 0 Å². The van der Waals surface area contributed by atoms with Crippen LogP contribution in [-0.4, -0.2) is 18.2 Å². The Bertz CT molecular complexity index is 769. The molecular formula is C14H18FN3O2S. The first kappa shape index (κ1) is 15.7. The molecule has 0 fully saturated rings. The van der Waals surface area contributed by atoms with E-state index >= 15 is 0 Å². The molecule has 21 heavy (non-hydrogen) atoms. The molecule has 0 spiro atoms. The summed E-state index contributed by atoms with van der Waals surface area (Å²) in [5.74, 6) is -0.438. The second kappa shape index (κ2) is 5.57. The molecule has 5 nitrogen and oxygen atoms in total. The molecule has 0 amide bonds. The highest BCUT2D eigenvalue weighted by Gasteiger charge is 2.26. The van der Waals surface area contributed by atoms with E-state index in [1.54, 1.807) is 46.0 Å². The van der Waals surface area contributed by atoms with Gasteiger partial charge >= 0.3 is 0 Å². The number of nitrogens with one attached hydrogen (secondary N) is 1. The van der Waals surface area contributed by atoms with Crippen molar-refractivity contribution in [2.45, 2.75) is 31.7 Å². The van der Waals surface area contributed by atoms with E-state index in [2.05, 4.69) is 9.82 Å². The summed E-state index contributed by atoms with van der Waals surface area (Å²) in [6, 6.07) is 5.43. The number of aromatic nitrogens is 2. The molecule has 2 rings (SSSR count). The molecular weight excluding hydrogens is 293 g/mol. The summed E-state index contributed by atoms with van der Waals surface area (Å²) in [6.07, 6.45) is 0. The minimum Gasteiger partial charge on any atom is -0.271 e. The van der Waals surface area contributed by atoms with E-state index in [9.17, 15) is 12.8 Å². The Morgan fingerprint density at radius 2 is 1.90 bits per heavy atom. The monoisotopic (exact) mass is 311 g/mol. The van der Waals surface area contributed by atoms with Crippen LogP contribution in [0.4, 0.5) is 4.39 Å². The van der Waals surface area contributed by atoms with Crippen LogP contribution < -0.4 is 4.72 Å². The summed E-state index contributed by atoms with van der Waals surface area (Å²) in [4.78, 5) is 0.146. The summed E-state index contributed by atoms with van der Waals surface area (Å²) in [5, 5.41) is 4.10. The molecule has 2 aromatic rings. The summed E-state index contributed by atoms with van der Waals surface area (Å²) >= 11 is 0. The van der Waals surface area contributed by atoms with E-state index in [4.69, 9.17) is 0 Å². The fraction of sp³-hybridized carbons (Fsp3) is 0.357. The number of benzene rings is 1. The standard InChI is InChI=1S/C14H18FN3O2S/c1-9(12-7-5-6-8-13(12)15)17-21(19,20)14-10(2)16-18(4)11(14)3/h5-9,17H,1-4H3. The molecule has 1 unspecified atom stereocenters. The lowest BCUT2D eigenvalue weighted by Gasteiger charge is -2.15. The molecule has 0 radical (unpaired) electrons. The summed E-state index contributed by atoms with van der Waals surface area (Å²) in [6.45, 7) is 4.93. The molecule has 1 N–H and O–H groups in total. The molecule has 114 valence electrons. The largest absolute Gasteiger partial charge is 0.271 e. The Hall–Kier alpha value is -1.73. The van der Waals surface area contributed by atoms with Crippen LogP contribution in [0.15, 0.2) is 29.2 Å². The first-order valence-electron chi connectivity index (χ1n) is 6.51. The predicted molar refractivity (Wildman–Crippen MR) is 77.8 cm³/mol. The number of halogens is 1. The fourth-order valence-electron chi connectivity index (χ4n) is 2.32. The Morgan fingerprint density at radius 3 is 2.43 bits per heavy atom. The van der Waals surface area contributed by atoms with Gasteiger partial charge in [-0.15, -0.1) is 0 Å². The van der Waals surface area contributed by atoms with Gasteiger partial charge < -0.3 is 0 Å². The molecule has 0 bridgehead atoms. The zero-order valence-electron chi connectivity index (χ0n) is 12.4. The van der Waals surface area contributed by atoms with E-state index in [-0.39, 0.29) is 4.90 Å². The fourth-order valence-corrected chi connectivity index (χ4v) is 3.99. The van der Waals surface area contributed by atoms with Crippen LogP contribution in [0.1, 0.15) is 29.9 Å². The summed E-state index contributed by atoms with van der Waals surface area (Å²) in [5.41, 5.74) is 1.27. The van der Waals surface area contributed by atoms with Crippen molar-refractivity contribution in [3.8, 4) is 0 Å². The smallest absolute Gasteiger partial charge is 0.244 e.